The van der Waals surface area contributed by atoms with Gasteiger partial charge in [0.05, 0.1) is 25.7 Å². The highest BCUT2D eigenvalue weighted by atomic mass is 35.5. The number of anilines is 2. The van der Waals surface area contributed by atoms with Gasteiger partial charge in [-0.15, -0.1) is 0 Å². The number of aromatic nitrogens is 4. The van der Waals surface area contributed by atoms with E-state index < -0.39 is 15.7 Å². The Labute approximate surface area is 238 Å². The van der Waals surface area contributed by atoms with Crippen molar-refractivity contribution in [3.8, 4) is 5.75 Å². The van der Waals surface area contributed by atoms with Crippen LogP contribution in [0.15, 0.2) is 64.9 Å². The van der Waals surface area contributed by atoms with Crippen LogP contribution in [0.1, 0.15) is 44.6 Å². The minimum absolute atomic E-state index is 0.107. The fraction of sp³-hybridized carbons (Fsp3) is 0.370. The van der Waals surface area contributed by atoms with Crippen LogP contribution in [0.2, 0.25) is 5.02 Å². The first-order chi connectivity index (χ1) is 18.7. The first kappa shape index (κ1) is 26.4. The van der Waals surface area contributed by atoms with Crippen LogP contribution in [-0.4, -0.2) is 47.0 Å². The van der Waals surface area contributed by atoms with Crippen LogP contribution in [0, 0.1) is 0 Å². The highest BCUT2D eigenvalue weighted by Crippen LogP contribution is 2.53. The molecule has 2 atom stereocenters. The normalized spacial score (nSPS) is 19.3. The van der Waals surface area contributed by atoms with E-state index in [-0.39, 0.29) is 11.5 Å². The molecule has 39 heavy (non-hydrogen) atoms. The van der Waals surface area contributed by atoms with Crippen molar-refractivity contribution >= 4 is 51.8 Å². The zero-order chi connectivity index (χ0) is 27.4. The van der Waals surface area contributed by atoms with Gasteiger partial charge in [-0.1, -0.05) is 41.6 Å². The summed E-state index contributed by atoms with van der Waals surface area (Å²) in [7, 11) is -1.44. The second-order valence-corrected chi connectivity index (χ2v) is 13.8. The molecule has 2 aliphatic rings. The van der Waals surface area contributed by atoms with Gasteiger partial charge in [0, 0.05) is 67.1 Å². The van der Waals surface area contributed by atoms with Gasteiger partial charge in [0.2, 0.25) is 5.95 Å². The van der Waals surface area contributed by atoms with Gasteiger partial charge < -0.3 is 15.4 Å². The molecule has 0 amide bonds. The number of para-hydroxylation sites is 1. The lowest BCUT2D eigenvalue weighted by Gasteiger charge is -2.44. The summed E-state index contributed by atoms with van der Waals surface area (Å²) in [5.74, 6) is 2.15. The zero-order valence-electron chi connectivity index (χ0n) is 21.7. The topological polar surface area (TPSA) is 125 Å². The predicted molar refractivity (Wildman–Crippen MR) is 156 cm³/mol. The van der Waals surface area contributed by atoms with Gasteiger partial charge >= 0.3 is 0 Å². The number of hydrogen-bond acceptors (Lipinski definition) is 8. The van der Waals surface area contributed by atoms with Crippen molar-refractivity contribution < 1.29 is 8.95 Å². The van der Waals surface area contributed by atoms with Gasteiger partial charge in [0.1, 0.15) is 17.2 Å². The van der Waals surface area contributed by atoms with Crippen LogP contribution in [0.4, 0.5) is 11.8 Å². The lowest BCUT2D eigenvalue weighted by Crippen LogP contribution is -2.51. The first-order valence-electron chi connectivity index (χ1n) is 12.8. The average molecular weight is 584 g/mol. The number of rotatable bonds is 6. The van der Waals surface area contributed by atoms with Crippen molar-refractivity contribution in [3.05, 3.63) is 65.7 Å². The standard InChI is InChI=1S/C27H30ClN7O2S2/c1-26(2,39(30)36)15-18-17-5-3-4-6-19(17)37-27(18)8-12-34(13-9-27)25-33-16-21(24-32-11-14-35(24)25)38-20-7-10-31-23(29)22(20)28/h3-7,10-11,14,16,18H,8-9,12-13,15,30H2,1-2H3,(H2,29,31)/t18-,39?/m1/s1. The van der Waals surface area contributed by atoms with E-state index in [1.165, 1.54) is 17.3 Å². The van der Waals surface area contributed by atoms with E-state index in [2.05, 4.69) is 20.9 Å². The van der Waals surface area contributed by atoms with E-state index in [0.717, 1.165) is 53.1 Å². The van der Waals surface area contributed by atoms with Gasteiger partial charge in [-0.25, -0.2) is 19.2 Å². The number of piperidine rings is 1. The van der Waals surface area contributed by atoms with Gasteiger partial charge in [0.15, 0.2) is 5.65 Å². The monoisotopic (exact) mass is 583 g/mol. The number of nitrogens with zero attached hydrogens (tertiary/aromatic N) is 5. The lowest BCUT2D eigenvalue weighted by molar-refractivity contribution is 0.0363. The lowest BCUT2D eigenvalue weighted by atomic mass is 9.74. The first-order valence-corrected chi connectivity index (χ1v) is 15.2. The smallest absolute Gasteiger partial charge is 0.211 e. The molecule has 4 N–H and O–H groups in total. The van der Waals surface area contributed by atoms with Crippen LogP contribution < -0.4 is 20.5 Å². The molecule has 0 aliphatic carbocycles. The summed E-state index contributed by atoms with van der Waals surface area (Å²) in [6, 6.07) is 10.0. The molecule has 0 bridgehead atoms. The van der Waals surface area contributed by atoms with Gasteiger partial charge in [0.25, 0.3) is 0 Å². The Morgan fingerprint density at radius 2 is 1.92 bits per heavy atom. The SMILES string of the molecule is CC(C)(C[C@@H]1c2ccccc2OC12CCN(c1ncc(Sc3ccnc(N)c3Cl)c3nccn13)CC2)S(N)=O. The number of nitrogen functional groups attached to an aromatic ring is 1. The third kappa shape index (κ3) is 4.65. The number of nitrogens with two attached hydrogens (primary N) is 2. The number of fused-ring (bicyclic) bond motifs is 2. The Morgan fingerprint density at radius 1 is 1.15 bits per heavy atom. The Bertz CT molecular complexity index is 1570. The average Bonchev–Trinajstić information content (AvgIpc) is 3.52. The van der Waals surface area contributed by atoms with Crippen LogP contribution in [0.3, 0.4) is 0 Å². The van der Waals surface area contributed by atoms with E-state index >= 15 is 0 Å². The molecule has 6 rings (SSSR count). The molecule has 1 saturated heterocycles. The van der Waals surface area contributed by atoms with Crippen molar-refractivity contribution in [1.82, 2.24) is 19.4 Å². The van der Waals surface area contributed by atoms with Gasteiger partial charge in [-0.3, -0.25) is 9.54 Å². The number of halogens is 1. The quantitative estimate of drug-likeness (QED) is 0.331. The number of hydrogen-bond donors (Lipinski definition) is 2. The summed E-state index contributed by atoms with van der Waals surface area (Å²) in [4.78, 5) is 17.5. The summed E-state index contributed by atoms with van der Waals surface area (Å²) in [5, 5.41) is 6.31. The molecule has 0 saturated carbocycles. The van der Waals surface area contributed by atoms with Crippen LogP contribution in [0.25, 0.3) is 5.65 Å². The Balaban J connectivity index is 1.26. The largest absolute Gasteiger partial charge is 0.486 e. The molecule has 1 unspecified atom stereocenters. The molecule has 4 aromatic rings. The van der Waals surface area contributed by atoms with E-state index in [0.29, 0.717) is 17.3 Å². The zero-order valence-corrected chi connectivity index (χ0v) is 24.1. The van der Waals surface area contributed by atoms with Crippen molar-refractivity contribution in [2.24, 2.45) is 5.14 Å². The number of pyridine rings is 1. The minimum Gasteiger partial charge on any atom is -0.486 e. The molecule has 1 spiro atoms. The molecule has 0 radical (unpaired) electrons. The third-order valence-corrected chi connectivity index (χ3v) is 10.7. The van der Waals surface area contributed by atoms with Crippen LogP contribution >= 0.6 is 23.4 Å². The summed E-state index contributed by atoms with van der Waals surface area (Å²) in [6.07, 6.45) is 9.48. The summed E-state index contributed by atoms with van der Waals surface area (Å²) < 4.78 is 20.5. The molecular weight excluding hydrogens is 554 g/mol. The highest BCUT2D eigenvalue weighted by Gasteiger charge is 2.52. The Hall–Kier alpha value is -2.86. The highest BCUT2D eigenvalue weighted by molar-refractivity contribution is 7.99. The Kier molecular flexibility index (Phi) is 6.73. The number of imidazole rings is 1. The third-order valence-electron chi connectivity index (χ3n) is 7.85. The number of ether oxygens (including phenoxy) is 1. The summed E-state index contributed by atoms with van der Waals surface area (Å²) in [6.45, 7) is 5.46. The summed E-state index contributed by atoms with van der Waals surface area (Å²) >= 11 is 7.85. The molecular formula is C27H30ClN7O2S2. The minimum atomic E-state index is -1.44. The van der Waals surface area contributed by atoms with Crippen molar-refractivity contribution in [3.63, 3.8) is 0 Å². The van der Waals surface area contributed by atoms with Gasteiger partial charge in [-0.2, -0.15) is 0 Å². The predicted octanol–water partition coefficient (Wildman–Crippen LogP) is 4.82. The summed E-state index contributed by atoms with van der Waals surface area (Å²) in [5.41, 5.74) is 7.49. The van der Waals surface area contributed by atoms with Crippen molar-refractivity contribution in [1.29, 1.82) is 0 Å². The van der Waals surface area contributed by atoms with E-state index in [1.54, 1.807) is 12.4 Å². The molecule has 9 nitrogen and oxygen atoms in total. The molecule has 1 fully saturated rings. The maximum Gasteiger partial charge on any atom is 0.211 e. The second kappa shape index (κ2) is 9.96. The van der Waals surface area contributed by atoms with Crippen molar-refractivity contribution in [2.45, 2.75) is 59.2 Å². The number of benzene rings is 1. The van der Waals surface area contributed by atoms with E-state index in [4.69, 9.17) is 32.2 Å². The van der Waals surface area contributed by atoms with E-state index in [9.17, 15) is 4.21 Å². The fourth-order valence-electron chi connectivity index (χ4n) is 5.67. The fourth-order valence-corrected chi connectivity index (χ4v) is 7.13. The molecule has 5 heterocycles. The molecule has 3 aromatic heterocycles. The van der Waals surface area contributed by atoms with Crippen LogP contribution in [-0.2, 0) is 11.0 Å². The maximum atomic E-state index is 12.4. The van der Waals surface area contributed by atoms with Crippen LogP contribution in [0.5, 0.6) is 5.75 Å². The van der Waals surface area contributed by atoms with E-state index in [1.807, 2.05) is 54.9 Å². The maximum absolute atomic E-state index is 12.4. The second-order valence-electron chi connectivity index (χ2n) is 10.7. The Morgan fingerprint density at radius 3 is 2.69 bits per heavy atom. The molecule has 2 aliphatic heterocycles. The van der Waals surface area contributed by atoms with Gasteiger partial charge in [-0.05, 0) is 32.4 Å². The molecule has 204 valence electrons. The molecule has 1 aromatic carbocycles. The van der Waals surface area contributed by atoms with Crippen molar-refractivity contribution in [2.75, 3.05) is 23.7 Å². The molecule has 12 heteroatoms.